The predicted octanol–water partition coefficient (Wildman–Crippen LogP) is 1.23. The number of carbonyl (C=O) groups is 2. The molecule has 0 aromatic heterocycles. The smallest absolute Gasteiger partial charge is 0.256 e. The van der Waals surface area contributed by atoms with Crippen molar-refractivity contribution in [3.05, 3.63) is 0 Å². The van der Waals surface area contributed by atoms with Crippen LogP contribution in [0, 0.1) is 17.2 Å². The number of nitriles is 1. The zero-order valence-electron chi connectivity index (χ0n) is 10.6. The molecule has 0 aromatic carbocycles. The average molecular weight is 250 g/mol. The number of nitrogens with zero attached hydrogens (tertiary/aromatic N) is 2. The van der Waals surface area contributed by atoms with E-state index in [2.05, 4.69) is 13.0 Å². The Hall–Kier alpha value is -1.41. The molecule has 2 rings (SSSR count). The predicted molar refractivity (Wildman–Crippen MR) is 63.3 cm³/mol. The van der Waals surface area contributed by atoms with Crippen LogP contribution in [0.5, 0.6) is 0 Å². The number of amides is 2. The summed E-state index contributed by atoms with van der Waals surface area (Å²) in [6.45, 7) is 1.95. The van der Waals surface area contributed by atoms with Gasteiger partial charge in [-0.3, -0.25) is 14.5 Å². The van der Waals surface area contributed by atoms with Gasteiger partial charge in [-0.15, -0.1) is 0 Å². The van der Waals surface area contributed by atoms with E-state index in [0.717, 1.165) is 19.3 Å². The molecule has 2 aliphatic rings. The van der Waals surface area contributed by atoms with E-state index >= 15 is 0 Å². The van der Waals surface area contributed by atoms with Crippen LogP contribution in [0.2, 0.25) is 0 Å². The second-order valence-electron chi connectivity index (χ2n) is 5.11. The largest absolute Gasteiger partial charge is 0.362 e. The maximum atomic E-state index is 11.8. The Bertz CT molecular complexity index is 376. The minimum Gasteiger partial charge on any atom is -0.362 e. The molecule has 1 saturated heterocycles. The second-order valence-corrected chi connectivity index (χ2v) is 5.11. The molecule has 0 aromatic rings. The van der Waals surface area contributed by atoms with Crippen LogP contribution in [0.4, 0.5) is 0 Å². The third-order valence-electron chi connectivity index (χ3n) is 4.10. The highest BCUT2D eigenvalue weighted by Gasteiger charge is 2.47. The Kier molecular flexibility index (Phi) is 3.67. The molecule has 0 bridgehead atoms. The van der Waals surface area contributed by atoms with Gasteiger partial charge in [0.2, 0.25) is 0 Å². The number of hydrogen-bond donors (Lipinski definition) is 0. The molecule has 98 valence electrons. The molecule has 1 saturated carbocycles. The first-order chi connectivity index (χ1) is 8.63. The molecule has 2 amide bonds. The van der Waals surface area contributed by atoms with E-state index in [1.807, 2.05) is 0 Å². The van der Waals surface area contributed by atoms with E-state index in [1.54, 1.807) is 0 Å². The molecule has 1 aliphatic carbocycles. The van der Waals surface area contributed by atoms with Gasteiger partial charge in [0, 0.05) is 0 Å². The van der Waals surface area contributed by atoms with Crippen molar-refractivity contribution in [2.75, 3.05) is 13.2 Å². The van der Waals surface area contributed by atoms with E-state index < -0.39 is 5.54 Å². The zero-order valence-corrected chi connectivity index (χ0v) is 10.6. The second kappa shape index (κ2) is 5.07. The Balaban J connectivity index is 2.20. The summed E-state index contributed by atoms with van der Waals surface area (Å²) in [5.74, 6) is -0.136. The average Bonchev–Trinajstić information content (AvgIpc) is 2.39. The molecule has 2 fully saturated rings. The Labute approximate surface area is 107 Å². The van der Waals surface area contributed by atoms with E-state index in [4.69, 9.17) is 4.74 Å². The summed E-state index contributed by atoms with van der Waals surface area (Å²) in [6.07, 6.45) is 4.09. The van der Waals surface area contributed by atoms with Gasteiger partial charge in [-0.25, -0.2) is 0 Å². The highest BCUT2D eigenvalue weighted by atomic mass is 16.5. The third kappa shape index (κ3) is 2.13. The van der Waals surface area contributed by atoms with Gasteiger partial charge >= 0.3 is 0 Å². The normalized spacial score (nSPS) is 33.3. The summed E-state index contributed by atoms with van der Waals surface area (Å²) in [5, 5.41) is 9.45. The molecule has 5 heteroatoms. The Morgan fingerprint density at radius 2 is 1.89 bits per heavy atom. The summed E-state index contributed by atoms with van der Waals surface area (Å²) in [6, 6.07) is 2.22. The third-order valence-corrected chi connectivity index (χ3v) is 4.10. The van der Waals surface area contributed by atoms with Gasteiger partial charge in [0.05, 0.1) is 6.07 Å². The number of hydrogen-bond acceptors (Lipinski definition) is 4. The molecular formula is C13H18N2O3. The van der Waals surface area contributed by atoms with Gasteiger partial charge in [0.15, 0.2) is 0 Å². The number of rotatable bonds is 2. The first-order valence-corrected chi connectivity index (χ1v) is 6.48. The summed E-state index contributed by atoms with van der Waals surface area (Å²) in [5.41, 5.74) is -0.927. The van der Waals surface area contributed by atoms with Gasteiger partial charge in [-0.1, -0.05) is 13.3 Å². The fourth-order valence-corrected chi connectivity index (χ4v) is 2.92. The van der Waals surface area contributed by atoms with Crippen molar-refractivity contribution in [3.63, 3.8) is 0 Å². The van der Waals surface area contributed by atoms with Crippen molar-refractivity contribution < 1.29 is 14.3 Å². The quantitative estimate of drug-likeness (QED) is 0.691. The van der Waals surface area contributed by atoms with Gasteiger partial charge in [0.25, 0.3) is 11.8 Å². The van der Waals surface area contributed by atoms with E-state index in [-0.39, 0.29) is 25.0 Å². The van der Waals surface area contributed by atoms with Crippen LogP contribution in [0.25, 0.3) is 0 Å². The lowest BCUT2D eigenvalue weighted by Gasteiger charge is -2.43. The zero-order chi connectivity index (χ0) is 13.2. The number of carbonyl (C=O) groups excluding carboxylic acids is 2. The van der Waals surface area contributed by atoms with E-state index in [1.165, 1.54) is 4.90 Å². The summed E-state index contributed by atoms with van der Waals surface area (Å²) < 4.78 is 4.90. The number of ether oxygens (including phenoxy) is 1. The minimum atomic E-state index is -0.927. The van der Waals surface area contributed by atoms with E-state index in [0.29, 0.717) is 18.8 Å². The molecule has 5 nitrogen and oxygen atoms in total. The maximum absolute atomic E-state index is 11.8. The van der Waals surface area contributed by atoms with Gasteiger partial charge in [0.1, 0.15) is 18.8 Å². The SMILES string of the molecule is CCC1CCC(C#N)(N2C(=O)COCC2=O)CC1. The summed E-state index contributed by atoms with van der Waals surface area (Å²) >= 11 is 0. The molecule has 0 radical (unpaired) electrons. The molecule has 1 aliphatic heterocycles. The molecular weight excluding hydrogens is 232 g/mol. The number of morpholine rings is 1. The highest BCUT2D eigenvalue weighted by Crippen LogP contribution is 2.38. The minimum absolute atomic E-state index is 0.0909. The van der Waals surface area contributed by atoms with Crippen LogP contribution in [0.15, 0.2) is 0 Å². The molecule has 18 heavy (non-hydrogen) atoms. The van der Waals surface area contributed by atoms with Gasteiger partial charge in [-0.2, -0.15) is 5.26 Å². The van der Waals surface area contributed by atoms with Crippen molar-refractivity contribution in [3.8, 4) is 6.07 Å². The van der Waals surface area contributed by atoms with Crippen molar-refractivity contribution in [2.45, 2.75) is 44.6 Å². The molecule has 0 atom stereocenters. The van der Waals surface area contributed by atoms with Gasteiger partial charge in [-0.05, 0) is 31.6 Å². The van der Waals surface area contributed by atoms with Gasteiger partial charge < -0.3 is 4.74 Å². The van der Waals surface area contributed by atoms with Crippen LogP contribution < -0.4 is 0 Å². The standard InChI is InChI=1S/C13H18N2O3/c1-2-10-3-5-13(9-14,6-4-10)15-11(16)7-18-8-12(15)17/h10H,2-8H2,1H3. The van der Waals surface area contributed by atoms with Crippen LogP contribution in [-0.4, -0.2) is 35.5 Å². The van der Waals surface area contributed by atoms with Crippen molar-refractivity contribution in [1.82, 2.24) is 4.90 Å². The first-order valence-electron chi connectivity index (χ1n) is 6.48. The monoisotopic (exact) mass is 250 g/mol. The van der Waals surface area contributed by atoms with Crippen molar-refractivity contribution in [2.24, 2.45) is 5.92 Å². The first kappa shape index (κ1) is 13.0. The van der Waals surface area contributed by atoms with Crippen LogP contribution in [0.1, 0.15) is 39.0 Å². The lowest BCUT2D eigenvalue weighted by molar-refractivity contribution is -0.165. The molecule has 1 heterocycles. The molecule has 0 unspecified atom stereocenters. The summed E-state index contributed by atoms with van der Waals surface area (Å²) in [7, 11) is 0. The fourth-order valence-electron chi connectivity index (χ4n) is 2.92. The fraction of sp³-hybridized carbons (Fsp3) is 0.769. The van der Waals surface area contributed by atoms with Crippen LogP contribution in [-0.2, 0) is 14.3 Å². The van der Waals surface area contributed by atoms with Crippen LogP contribution in [0.3, 0.4) is 0 Å². The lowest BCUT2D eigenvalue weighted by Crippen LogP contribution is -2.59. The van der Waals surface area contributed by atoms with Crippen molar-refractivity contribution >= 4 is 11.8 Å². The Morgan fingerprint density at radius 1 is 1.33 bits per heavy atom. The maximum Gasteiger partial charge on any atom is 0.256 e. The number of imide groups is 1. The highest BCUT2D eigenvalue weighted by molar-refractivity contribution is 5.99. The van der Waals surface area contributed by atoms with E-state index in [9.17, 15) is 14.9 Å². The van der Waals surface area contributed by atoms with Crippen molar-refractivity contribution in [1.29, 1.82) is 5.26 Å². The topological polar surface area (TPSA) is 70.4 Å². The molecule has 0 spiro atoms. The molecule has 0 N–H and O–H groups in total. The summed E-state index contributed by atoms with van der Waals surface area (Å²) in [4.78, 5) is 24.9. The lowest BCUT2D eigenvalue weighted by atomic mass is 9.75. The Morgan fingerprint density at radius 3 is 2.33 bits per heavy atom. The van der Waals surface area contributed by atoms with Crippen LogP contribution >= 0.6 is 0 Å².